The number of rotatable bonds is 10. The summed E-state index contributed by atoms with van der Waals surface area (Å²) in [4.78, 5) is 7.74. The number of benzene rings is 7. The molecular formula is C74H76BN3. The van der Waals surface area contributed by atoms with Crippen LogP contribution in [0.4, 0.5) is 34.1 Å². The van der Waals surface area contributed by atoms with Crippen LogP contribution in [0.25, 0.3) is 27.8 Å². The smallest absolute Gasteiger partial charge is 0.252 e. The molecule has 0 saturated heterocycles. The zero-order chi connectivity index (χ0) is 54.8. The summed E-state index contributed by atoms with van der Waals surface area (Å²) in [6, 6.07) is 54.2. The summed E-state index contributed by atoms with van der Waals surface area (Å²) in [5.74, 6) is 0. The fraction of sp³-hybridized carbons (Fsp3) is 0.243. The van der Waals surface area contributed by atoms with Crippen LogP contribution in [-0.2, 0) is 22.7 Å². The molecule has 0 fully saturated rings. The minimum atomic E-state index is -0.169. The molecule has 0 spiro atoms. The van der Waals surface area contributed by atoms with Gasteiger partial charge in [0.15, 0.2) is 0 Å². The lowest BCUT2D eigenvalue weighted by Crippen LogP contribution is -2.63. The van der Waals surface area contributed by atoms with Crippen molar-refractivity contribution >= 4 is 62.8 Å². The minimum Gasteiger partial charge on any atom is -0.335 e. The van der Waals surface area contributed by atoms with E-state index in [0.29, 0.717) is 0 Å². The molecule has 1 atom stereocenters. The Kier molecular flexibility index (Phi) is 13.5. The van der Waals surface area contributed by atoms with Crippen LogP contribution in [0.5, 0.6) is 0 Å². The first-order chi connectivity index (χ1) is 37.4. The second kappa shape index (κ2) is 20.2. The highest BCUT2D eigenvalue weighted by Crippen LogP contribution is 2.50. The van der Waals surface area contributed by atoms with Gasteiger partial charge in [-0.25, -0.2) is 0 Å². The van der Waals surface area contributed by atoms with Crippen molar-refractivity contribution in [3.63, 3.8) is 0 Å². The Bertz CT molecular complexity index is 3700. The quantitative estimate of drug-likeness (QED) is 0.0998. The van der Waals surface area contributed by atoms with E-state index in [0.717, 1.165) is 35.6 Å². The molecule has 7 aromatic rings. The molecule has 0 saturated carbocycles. The second-order valence-electron chi connectivity index (χ2n) is 24.8. The summed E-state index contributed by atoms with van der Waals surface area (Å²) in [7, 11) is 0. The maximum Gasteiger partial charge on any atom is 0.252 e. The van der Waals surface area contributed by atoms with E-state index in [-0.39, 0.29) is 29.0 Å². The molecule has 4 heteroatoms. The molecule has 390 valence electrons. The molecule has 11 rings (SSSR count). The molecule has 0 radical (unpaired) electrons. The Morgan fingerprint density at radius 2 is 1.23 bits per heavy atom. The van der Waals surface area contributed by atoms with Gasteiger partial charge in [0.1, 0.15) is 0 Å². The average Bonchev–Trinajstić information content (AvgIpc) is 3.61. The van der Waals surface area contributed by atoms with Crippen molar-refractivity contribution in [1.82, 2.24) is 0 Å². The van der Waals surface area contributed by atoms with Crippen LogP contribution in [0.2, 0.25) is 0 Å². The largest absolute Gasteiger partial charge is 0.335 e. The fourth-order valence-electron chi connectivity index (χ4n) is 12.4. The van der Waals surface area contributed by atoms with Gasteiger partial charge in [0.25, 0.3) is 6.71 Å². The predicted molar refractivity (Wildman–Crippen MR) is 340 cm³/mol. The van der Waals surface area contributed by atoms with Gasteiger partial charge in [-0.15, -0.1) is 0 Å². The number of hydrogen-bond acceptors (Lipinski definition) is 3. The van der Waals surface area contributed by atoms with Crippen LogP contribution in [0.15, 0.2) is 218 Å². The molecule has 0 bridgehead atoms. The molecule has 2 aliphatic heterocycles. The second-order valence-corrected chi connectivity index (χ2v) is 24.8. The van der Waals surface area contributed by atoms with Crippen LogP contribution in [-0.4, -0.2) is 12.8 Å². The highest BCUT2D eigenvalue weighted by Gasteiger charge is 2.46. The number of anilines is 6. The van der Waals surface area contributed by atoms with Crippen molar-refractivity contribution in [2.45, 2.75) is 118 Å². The highest BCUT2D eigenvalue weighted by molar-refractivity contribution is 7.00. The third-order valence-corrected chi connectivity index (χ3v) is 16.6. The Labute approximate surface area is 467 Å². The summed E-state index contributed by atoms with van der Waals surface area (Å²) in [6.45, 7) is 31.6. The summed E-state index contributed by atoms with van der Waals surface area (Å²) in [6.07, 6.45) is 24.1. The molecule has 0 amide bonds. The first-order valence-corrected chi connectivity index (χ1v) is 28.3. The Morgan fingerprint density at radius 1 is 0.564 bits per heavy atom. The van der Waals surface area contributed by atoms with E-state index in [9.17, 15) is 0 Å². The summed E-state index contributed by atoms with van der Waals surface area (Å²) >= 11 is 0. The normalized spacial score (nSPS) is 16.0. The Morgan fingerprint density at radius 3 is 1.91 bits per heavy atom. The van der Waals surface area contributed by atoms with Gasteiger partial charge in [0, 0.05) is 45.4 Å². The predicted octanol–water partition coefficient (Wildman–Crippen LogP) is 17.9. The van der Waals surface area contributed by atoms with E-state index in [1.54, 1.807) is 0 Å². The van der Waals surface area contributed by atoms with E-state index in [2.05, 4.69) is 299 Å². The van der Waals surface area contributed by atoms with Crippen LogP contribution in [0, 0.1) is 0 Å². The van der Waals surface area contributed by atoms with Crippen molar-refractivity contribution in [2.75, 3.05) is 14.7 Å². The SMILES string of the molecule is C=C/C=C(\C=C/C)N(C(/C=C\C)=C/C)c1ccc2c(c1)N(c1ccc(C(C)(C)C)cc1-c1ccccc1)c1cc(C(C)(C)C)cc3c1B2c1cc(C(C)(C)C)ccc1N3C1C=CC(c2ccc3c(c2)-c2ccccc2C3)=CC1. The minimum absolute atomic E-state index is 0.0521. The topological polar surface area (TPSA) is 9.72 Å². The van der Waals surface area contributed by atoms with Crippen molar-refractivity contribution in [3.05, 3.63) is 252 Å². The summed E-state index contributed by atoms with van der Waals surface area (Å²) in [5.41, 5.74) is 27.5. The van der Waals surface area contributed by atoms with Crippen molar-refractivity contribution in [1.29, 1.82) is 0 Å². The van der Waals surface area contributed by atoms with Crippen molar-refractivity contribution in [3.8, 4) is 22.3 Å². The first kappa shape index (κ1) is 52.2. The highest BCUT2D eigenvalue weighted by atomic mass is 15.2. The van der Waals surface area contributed by atoms with Gasteiger partial charge in [-0.2, -0.15) is 0 Å². The van der Waals surface area contributed by atoms with E-state index >= 15 is 0 Å². The maximum absolute atomic E-state index is 4.19. The molecule has 3 nitrogen and oxygen atoms in total. The molecule has 2 heterocycles. The van der Waals surface area contributed by atoms with Gasteiger partial charge in [-0.3, -0.25) is 0 Å². The van der Waals surface area contributed by atoms with Crippen LogP contribution >= 0.6 is 0 Å². The zero-order valence-electron chi connectivity index (χ0n) is 48.2. The Hall–Kier alpha value is -7.82. The molecule has 4 aliphatic rings. The summed E-state index contributed by atoms with van der Waals surface area (Å²) in [5, 5.41) is 0. The number of allylic oxidation sites excluding steroid dienone is 9. The molecule has 1 unspecified atom stereocenters. The molecule has 0 N–H and O–H groups in total. The monoisotopic (exact) mass is 1020 g/mol. The number of nitrogens with zero attached hydrogens (tertiary/aromatic N) is 3. The van der Waals surface area contributed by atoms with Gasteiger partial charge in [-0.1, -0.05) is 202 Å². The van der Waals surface area contributed by atoms with Gasteiger partial charge < -0.3 is 14.7 Å². The molecular weight excluding hydrogens is 942 g/mol. The van der Waals surface area contributed by atoms with Crippen LogP contribution in [0.1, 0.15) is 123 Å². The lowest BCUT2D eigenvalue weighted by Gasteiger charge is -2.47. The van der Waals surface area contributed by atoms with Gasteiger partial charge in [0.05, 0.1) is 11.7 Å². The number of fused-ring (bicyclic) bond motifs is 7. The van der Waals surface area contributed by atoms with E-state index in [4.69, 9.17) is 0 Å². The van der Waals surface area contributed by atoms with Gasteiger partial charge in [-0.05, 0) is 189 Å². The van der Waals surface area contributed by atoms with E-state index in [1.165, 1.54) is 100 Å². The molecule has 2 aliphatic carbocycles. The lowest BCUT2D eigenvalue weighted by molar-refractivity contribution is 0.589. The lowest BCUT2D eigenvalue weighted by atomic mass is 9.33. The first-order valence-electron chi connectivity index (χ1n) is 28.3. The van der Waals surface area contributed by atoms with E-state index in [1.807, 2.05) is 6.08 Å². The Balaban J connectivity index is 1.19. The molecule has 78 heavy (non-hydrogen) atoms. The van der Waals surface area contributed by atoms with Gasteiger partial charge in [0.2, 0.25) is 0 Å². The zero-order valence-corrected chi connectivity index (χ0v) is 48.2. The van der Waals surface area contributed by atoms with Crippen LogP contribution in [0.3, 0.4) is 0 Å². The average molecular weight is 1020 g/mol. The third kappa shape index (κ3) is 9.27. The van der Waals surface area contributed by atoms with E-state index < -0.39 is 0 Å². The summed E-state index contributed by atoms with van der Waals surface area (Å²) < 4.78 is 0. The fourth-order valence-corrected chi connectivity index (χ4v) is 12.4. The maximum atomic E-state index is 4.19. The molecule has 0 aromatic heterocycles. The van der Waals surface area contributed by atoms with Crippen LogP contribution < -0.4 is 31.1 Å². The molecule has 7 aromatic carbocycles. The standard InChI is InChI=1S/C74H76BN3/c1-14-23-57(17-4)76(58(24-15-2)25-16-3)60-38-39-64-68(48-60)78(66-40-34-54(72(5,6)7)44-63(66)50-26-19-18-20-27-50)70-47-56(74(11,12)13)46-69-71(70)75(64)65-45-55(73(8,9)10)35-41-67(65)77(69)59-36-32-49(33-37-59)51-30-31-53-42-52-28-21-22-29-61(52)62(53)43-51/h14-36,38-41,43-48,59H,2,37,42H2,1,3-13H3/b23-14-,25-16-,57-17+,58-24+. The number of hydrogen-bond donors (Lipinski definition) is 0. The van der Waals surface area contributed by atoms with Gasteiger partial charge >= 0.3 is 0 Å². The van der Waals surface area contributed by atoms with Crippen molar-refractivity contribution < 1.29 is 0 Å². The van der Waals surface area contributed by atoms with Crippen molar-refractivity contribution in [2.24, 2.45) is 0 Å². The third-order valence-electron chi connectivity index (χ3n) is 16.6.